The summed E-state index contributed by atoms with van der Waals surface area (Å²) in [4.78, 5) is 31.3. The number of rotatable bonds is 6. The molecule has 4 rings (SSSR count). The van der Waals surface area contributed by atoms with Gasteiger partial charge in [0.2, 0.25) is 5.91 Å². The maximum Gasteiger partial charge on any atom is 0.290 e. The molecule has 0 saturated carbocycles. The van der Waals surface area contributed by atoms with Gasteiger partial charge in [-0.05, 0) is 47.0 Å². The zero-order chi connectivity index (χ0) is 21.1. The molecule has 0 aliphatic carbocycles. The van der Waals surface area contributed by atoms with Gasteiger partial charge in [-0.15, -0.1) is 11.3 Å². The smallest absolute Gasteiger partial charge is 0.290 e. The van der Waals surface area contributed by atoms with Crippen LogP contribution >= 0.6 is 11.3 Å². The number of hydrogen-bond donors (Lipinski definition) is 0. The molecule has 0 spiro atoms. The number of benzene rings is 1. The Bertz CT molecular complexity index is 995. The van der Waals surface area contributed by atoms with Crippen molar-refractivity contribution in [3.05, 3.63) is 81.9 Å². The summed E-state index contributed by atoms with van der Waals surface area (Å²) in [6, 6.07) is 15.5. The first-order valence-electron chi connectivity index (χ1n) is 10.3. The lowest BCUT2D eigenvalue weighted by Crippen LogP contribution is -2.47. The highest BCUT2D eigenvalue weighted by molar-refractivity contribution is 7.10. The second kappa shape index (κ2) is 8.88. The SMILES string of the molecule is CC(C)CN(CC(=O)N1CCc2sccc2[C@@H]1c1ccccc1)C(=O)c1ccco1. The molecule has 1 aromatic carbocycles. The van der Waals surface area contributed by atoms with E-state index in [2.05, 4.69) is 23.6 Å². The molecule has 30 heavy (non-hydrogen) atoms. The molecular weight excluding hydrogens is 396 g/mol. The third-order valence-electron chi connectivity index (χ3n) is 5.33. The minimum Gasteiger partial charge on any atom is -0.459 e. The molecule has 0 saturated heterocycles. The Kier molecular flexibility index (Phi) is 6.04. The van der Waals surface area contributed by atoms with Gasteiger partial charge >= 0.3 is 0 Å². The number of hydrogen-bond acceptors (Lipinski definition) is 4. The summed E-state index contributed by atoms with van der Waals surface area (Å²) in [6.45, 7) is 5.27. The average molecular weight is 423 g/mol. The van der Waals surface area contributed by atoms with Crippen molar-refractivity contribution in [3.63, 3.8) is 0 Å². The maximum atomic E-state index is 13.5. The van der Waals surface area contributed by atoms with Crippen molar-refractivity contribution < 1.29 is 14.0 Å². The molecule has 0 bridgehead atoms. The van der Waals surface area contributed by atoms with E-state index in [1.165, 1.54) is 16.7 Å². The summed E-state index contributed by atoms with van der Waals surface area (Å²) in [6.07, 6.45) is 2.33. The van der Waals surface area contributed by atoms with Crippen LogP contribution in [0.3, 0.4) is 0 Å². The van der Waals surface area contributed by atoms with Gasteiger partial charge in [0, 0.05) is 18.0 Å². The molecule has 0 fully saturated rings. The Morgan fingerprint density at radius 1 is 1.17 bits per heavy atom. The van der Waals surface area contributed by atoms with Crippen LogP contribution in [0.25, 0.3) is 0 Å². The molecule has 3 aromatic rings. The molecule has 1 aliphatic heterocycles. The van der Waals surface area contributed by atoms with Gasteiger partial charge in [0.05, 0.1) is 12.3 Å². The monoisotopic (exact) mass is 422 g/mol. The van der Waals surface area contributed by atoms with Gasteiger partial charge in [-0.1, -0.05) is 44.2 Å². The van der Waals surface area contributed by atoms with E-state index in [1.54, 1.807) is 28.4 Å². The van der Waals surface area contributed by atoms with Crippen molar-refractivity contribution in [3.8, 4) is 0 Å². The summed E-state index contributed by atoms with van der Waals surface area (Å²) < 4.78 is 5.30. The van der Waals surface area contributed by atoms with Crippen molar-refractivity contribution in [2.24, 2.45) is 5.92 Å². The summed E-state index contributed by atoms with van der Waals surface area (Å²) in [5.41, 5.74) is 2.29. The van der Waals surface area contributed by atoms with E-state index in [4.69, 9.17) is 4.42 Å². The first-order chi connectivity index (χ1) is 14.5. The van der Waals surface area contributed by atoms with Crippen molar-refractivity contribution in [1.29, 1.82) is 0 Å². The topological polar surface area (TPSA) is 53.8 Å². The number of nitrogens with zero attached hydrogens (tertiary/aromatic N) is 2. The Morgan fingerprint density at radius 3 is 2.67 bits per heavy atom. The summed E-state index contributed by atoms with van der Waals surface area (Å²) >= 11 is 1.75. The lowest BCUT2D eigenvalue weighted by Gasteiger charge is -2.37. The Labute approximate surface area is 180 Å². The van der Waals surface area contributed by atoms with Crippen LogP contribution in [0.2, 0.25) is 0 Å². The summed E-state index contributed by atoms with van der Waals surface area (Å²) in [7, 11) is 0. The normalized spacial score (nSPS) is 15.8. The highest BCUT2D eigenvalue weighted by Crippen LogP contribution is 2.37. The van der Waals surface area contributed by atoms with E-state index in [0.29, 0.717) is 13.1 Å². The van der Waals surface area contributed by atoms with Crippen LogP contribution in [-0.4, -0.2) is 41.2 Å². The minimum absolute atomic E-state index is 0.0405. The van der Waals surface area contributed by atoms with Gasteiger partial charge in [-0.25, -0.2) is 0 Å². The van der Waals surface area contributed by atoms with Gasteiger partial charge in [-0.2, -0.15) is 0 Å². The van der Waals surface area contributed by atoms with Crippen LogP contribution in [0.15, 0.2) is 64.6 Å². The zero-order valence-corrected chi connectivity index (χ0v) is 18.1. The molecule has 0 N–H and O–H groups in total. The van der Waals surface area contributed by atoms with E-state index in [-0.39, 0.29) is 36.1 Å². The molecule has 3 heterocycles. The van der Waals surface area contributed by atoms with E-state index >= 15 is 0 Å². The number of fused-ring (bicyclic) bond motifs is 1. The second-order valence-electron chi connectivity index (χ2n) is 8.01. The molecule has 1 aliphatic rings. The van der Waals surface area contributed by atoms with Crippen molar-refractivity contribution in [2.75, 3.05) is 19.6 Å². The standard InChI is InChI=1S/C24H26N2O3S/c1-17(2)15-25(24(28)20-9-6-13-29-20)16-22(27)26-12-10-21-19(11-14-30-21)23(26)18-7-4-3-5-8-18/h3-9,11,13-14,17,23H,10,12,15-16H2,1-2H3/t23-/m0/s1. The molecule has 1 atom stereocenters. The first-order valence-corrected chi connectivity index (χ1v) is 11.2. The Morgan fingerprint density at radius 2 is 1.97 bits per heavy atom. The molecule has 2 aromatic heterocycles. The third-order valence-corrected chi connectivity index (χ3v) is 6.33. The summed E-state index contributed by atoms with van der Waals surface area (Å²) in [5.74, 6) is 0.223. The highest BCUT2D eigenvalue weighted by atomic mass is 32.1. The van der Waals surface area contributed by atoms with Gasteiger partial charge < -0.3 is 14.2 Å². The van der Waals surface area contributed by atoms with Crippen LogP contribution < -0.4 is 0 Å². The molecule has 0 radical (unpaired) electrons. The van der Waals surface area contributed by atoms with Gasteiger partial charge in [0.15, 0.2) is 5.76 Å². The number of furan rings is 1. The van der Waals surface area contributed by atoms with Crippen molar-refractivity contribution >= 4 is 23.2 Å². The molecule has 156 valence electrons. The van der Waals surface area contributed by atoms with Crippen LogP contribution in [0.5, 0.6) is 0 Å². The maximum absolute atomic E-state index is 13.5. The van der Waals surface area contributed by atoms with Crippen molar-refractivity contribution in [1.82, 2.24) is 9.80 Å². The number of amides is 2. The lowest BCUT2D eigenvalue weighted by atomic mass is 9.93. The quantitative estimate of drug-likeness (QED) is 0.583. The predicted octanol–water partition coefficient (Wildman–Crippen LogP) is 4.61. The van der Waals surface area contributed by atoms with Crippen molar-refractivity contribution in [2.45, 2.75) is 26.3 Å². The van der Waals surface area contributed by atoms with Crippen LogP contribution in [0.1, 0.15) is 46.4 Å². The fourth-order valence-electron chi connectivity index (χ4n) is 4.05. The number of carbonyl (C=O) groups excluding carboxylic acids is 2. The molecule has 0 unspecified atom stereocenters. The lowest BCUT2D eigenvalue weighted by molar-refractivity contribution is -0.134. The fraction of sp³-hybridized carbons (Fsp3) is 0.333. The number of thiophene rings is 1. The van der Waals surface area contributed by atoms with Gasteiger partial charge in [0.1, 0.15) is 6.54 Å². The average Bonchev–Trinajstić information content (AvgIpc) is 3.44. The third kappa shape index (κ3) is 4.19. The zero-order valence-electron chi connectivity index (χ0n) is 17.3. The molecular formula is C24H26N2O3S. The fourth-order valence-corrected chi connectivity index (χ4v) is 4.95. The van der Waals surface area contributed by atoms with Crippen LogP contribution in [0.4, 0.5) is 0 Å². The summed E-state index contributed by atoms with van der Waals surface area (Å²) in [5, 5.41) is 2.10. The van der Waals surface area contributed by atoms with Crippen LogP contribution in [-0.2, 0) is 11.2 Å². The Hall–Kier alpha value is -2.86. The minimum atomic E-state index is -0.244. The van der Waals surface area contributed by atoms with Crippen LogP contribution in [0, 0.1) is 5.92 Å². The van der Waals surface area contributed by atoms with E-state index in [9.17, 15) is 9.59 Å². The predicted molar refractivity (Wildman–Crippen MR) is 117 cm³/mol. The van der Waals surface area contributed by atoms with E-state index in [0.717, 1.165) is 12.0 Å². The largest absolute Gasteiger partial charge is 0.459 e. The van der Waals surface area contributed by atoms with E-state index in [1.807, 2.05) is 36.9 Å². The van der Waals surface area contributed by atoms with Gasteiger partial charge in [-0.3, -0.25) is 9.59 Å². The Balaban J connectivity index is 1.61. The molecule has 5 nitrogen and oxygen atoms in total. The first kappa shape index (κ1) is 20.4. The van der Waals surface area contributed by atoms with E-state index < -0.39 is 0 Å². The van der Waals surface area contributed by atoms with Gasteiger partial charge in [0.25, 0.3) is 5.91 Å². The second-order valence-corrected chi connectivity index (χ2v) is 9.01. The molecule has 6 heteroatoms. The number of carbonyl (C=O) groups is 2. The molecule has 2 amide bonds. The highest BCUT2D eigenvalue weighted by Gasteiger charge is 2.34.